The van der Waals surface area contributed by atoms with Crippen molar-refractivity contribution in [3.05, 3.63) is 34.9 Å². The summed E-state index contributed by atoms with van der Waals surface area (Å²) < 4.78 is 6.54. The van der Waals surface area contributed by atoms with Gasteiger partial charge in [-0.15, -0.1) is 0 Å². The Morgan fingerprint density at radius 2 is 2.03 bits per heavy atom. The molecule has 3 aliphatic carbocycles. The van der Waals surface area contributed by atoms with Gasteiger partial charge in [0.05, 0.1) is 11.0 Å². The Balaban J connectivity index is 1.29. The zero-order chi connectivity index (χ0) is 23.9. The van der Waals surface area contributed by atoms with E-state index in [-0.39, 0.29) is 30.2 Å². The van der Waals surface area contributed by atoms with E-state index in [1.165, 1.54) is 18.4 Å². The Morgan fingerprint density at radius 1 is 1.17 bits per heavy atom. The summed E-state index contributed by atoms with van der Waals surface area (Å²) in [5, 5.41) is 32.9. The molecule has 1 spiro atoms. The molecule has 2 bridgehead atoms. The van der Waals surface area contributed by atoms with Crippen LogP contribution in [0, 0.1) is 11.8 Å². The second-order valence-corrected chi connectivity index (χ2v) is 11.9. The molecular formula is C28H36N2O5. The maximum absolute atomic E-state index is 13.3. The molecular weight excluding hydrogens is 444 g/mol. The number of phenolic OH excluding ortho intramolecular Hbond substituents is 1. The first-order chi connectivity index (χ1) is 16.9. The van der Waals surface area contributed by atoms with Crippen LogP contribution in [-0.2, 0) is 16.6 Å². The van der Waals surface area contributed by atoms with Crippen molar-refractivity contribution in [2.75, 3.05) is 32.8 Å². The third-order valence-corrected chi connectivity index (χ3v) is 10.0. The van der Waals surface area contributed by atoms with E-state index in [2.05, 4.69) is 4.90 Å². The van der Waals surface area contributed by atoms with Crippen LogP contribution in [0.5, 0.6) is 11.5 Å². The van der Waals surface area contributed by atoms with E-state index in [0.29, 0.717) is 31.7 Å². The van der Waals surface area contributed by atoms with Crippen LogP contribution in [0.4, 0.5) is 0 Å². The minimum Gasteiger partial charge on any atom is -0.504 e. The SMILES string of the molecule is O=C(C=C1CC[C@@]2(O)[C@H]3Cc4ccc(O)c5c4[C@@]2(CCN3CC2CC2)[C@H]1O5)N1CCCC(CO)C1. The predicted molar refractivity (Wildman–Crippen MR) is 129 cm³/mol. The number of ether oxygens (including phenoxy) is 1. The highest BCUT2D eigenvalue weighted by atomic mass is 16.5. The van der Waals surface area contributed by atoms with Crippen LogP contribution in [0.3, 0.4) is 0 Å². The van der Waals surface area contributed by atoms with Gasteiger partial charge in [0.1, 0.15) is 6.10 Å². The third kappa shape index (κ3) is 3.04. The summed E-state index contributed by atoms with van der Waals surface area (Å²) in [5.74, 6) is 1.51. The topological polar surface area (TPSA) is 93.5 Å². The summed E-state index contributed by atoms with van der Waals surface area (Å²) in [6.45, 7) is 3.37. The van der Waals surface area contributed by atoms with Crippen LogP contribution < -0.4 is 4.74 Å². The lowest BCUT2D eigenvalue weighted by Crippen LogP contribution is -2.75. The number of piperidine rings is 2. The molecule has 1 aromatic carbocycles. The number of amides is 1. The lowest BCUT2D eigenvalue weighted by atomic mass is 9.48. The summed E-state index contributed by atoms with van der Waals surface area (Å²) in [6, 6.07) is 3.78. The standard InChI is InChI=1S/C28H36N2O5/c31-16-18-2-1-10-30(15-18)23(33)13-20-7-8-28(34)22-12-19-5-6-21(32)25-24(19)27(28,26(20)35-25)9-11-29(22)14-17-3-4-17/h5-6,13,17-18,22,26,31-32,34H,1-4,7-12,14-16H2/t18?,22-,26+,27+,28-/m1/s1. The van der Waals surface area contributed by atoms with Gasteiger partial charge < -0.3 is 25.0 Å². The lowest BCUT2D eigenvalue weighted by Gasteiger charge is -2.63. The second kappa shape index (κ2) is 7.70. The van der Waals surface area contributed by atoms with Gasteiger partial charge in [0.2, 0.25) is 5.91 Å². The van der Waals surface area contributed by atoms with E-state index >= 15 is 0 Å². The maximum atomic E-state index is 13.3. The maximum Gasteiger partial charge on any atom is 0.246 e. The molecule has 6 aliphatic rings. The molecule has 2 saturated carbocycles. The first-order valence-corrected chi connectivity index (χ1v) is 13.5. The lowest BCUT2D eigenvalue weighted by molar-refractivity contribution is -0.174. The van der Waals surface area contributed by atoms with Gasteiger partial charge in [-0.3, -0.25) is 9.69 Å². The number of carbonyl (C=O) groups is 1. The molecule has 7 nitrogen and oxygen atoms in total. The van der Waals surface area contributed by atoms with E-state index in [4.69, 9.17) is 4.74 Å². The number of benzene rings is 1. The molecule has 0 aromatic heterocycles. The number of phenols is 1. The fourth-order valence-electron chi connectivity index (χ4n) is 8.15. The van der Waals surface area contributed by atoms with Crippen LogP contribution in [0.15, 0.2) is 23.8 Å². The summed E-state index contributed by atoms with van der Waals surface area (Å²) in [7, 11) is 0. The molecule has 3 aliphatic heterocycles. The first kappa shape index (κ1) is 22.1. The van der Waals surface area contributed by atoms with Crippen LogP contribution in [0.2, 0.25) is 0 Å². The summed E-state index contributed by atoms with van der Waals surface area (Å²) in [5.41, 5.74) is 1.53. The van der Waals surface area contributed by atoms with Gasteiger partial charge in [-0.25, -0.2) is 0 Å². The Morgan fingerprint density at radius 3 is 2.83 bits per heavy atom. The predicted octanol–water partition coefficient (Wildman–Crippen LogP) is 2.11. The number of hydrogen-bond donors (Lipinski definition) is 3. The van der Waals surface area contributed by atoms with E-state index in [9.17, 15) is 20.1 Å². The number of likely N-dealkylation sites (tertiary alicyclic amines) is 2. The number of aliphatic hydroxyl groups excluding tert-OH is 1. The van der Waals surface area contributed by atoms with Crippen LogP contribution in [0.25, 0.3) is 0 Å². The molecule has 3 heterocycles. The van der Waals surface area contributed by atoms with Crippen LogP contribution >= 0.6 is 0 Å². The summed E-state index contributed by atoms with van der Waals surface area (Å²) in [4.78, 5) is 17.7. The Hall–Kier alpha value is -2.09. The van der Waals surface area contributed by atoms with Gasteiger partial charge in [0, 0.05) is 43.9 Å². The molecule has 1 unspecified atom stereocenters. The highest BCUT2D eigenvalue weighted by molar-refractivity contribution is 5.89. The average Bonchev–Trinajstić information content (AvgIpc) is 3.61. The minimum atomic E-state index is -0.940. The molecule has 5 atom stereocenters. The van der Waals surface area contributed by atoms with Crippen molar-refractivity contribution in [3.8, 4) is 11.5 Å². The largest absolute Gasteiger partial charge is 0.504 e. The summed E-state index contributed by atoms with van der Waals surface area (Å²) >= 11 is 0. The van der Waals surface area contributed by atoms with Crippen molar-refractivity contribution in [1.29, 1.82) is 0 Å². The van der Waals surface area contributed by atoms with E-state index < -0.39 is 17.1 Å². The number of rotatable bonds is 4. The number of carbonyl (C=O) groups excluding carboxylic acids is 1. The number of hydrogen-bond acceptors (Lipinski definition) is 6. The van der Waals surface area contributed by atoms with Gasteiger partial charge in [0.15, 0.2) is 11.5 Å². The normalized spacial score (nSPS) is 38.9. The zero-order valence-corrected chi connectivity index (χ0v) is 20.3. The van der Waals surface area contributed by atoms with Crippen molar-refractivity contribution in [2.45, 2.75) is 74.5 Å². The van der Waals surface area contributed by atoms with Gasteiger partial charge in [-0.1, -0.05) is 6.07 Å². The third-order valence-electron chi connectivity index (χ3n) is 10.0. The van der Waals surface area contributed by atoms with Crippen molar-refractivity contribution in [1.82, 2.24) is 9.80 Å². The van der Waals surface area contributed by atoms with Gasteiger partial charge in [-0.05, 0) is 87.0 Å². The zero-order valence-electron chi connectivity index (χ0n) is 20.3. The van der Waals surface area contributed by atoms with E-state index in [0.717, 1.165) is 55.8 Å². The monoisotopic (exact) mass is 480 g/mol. The molecule has 1 amide bonds. The van der Waals surface area contributed by atoms with Gasteiger partial charge in [-0.2, -0.15) is 0 Å². The van der Waals surface area contributed by atoms with Crippen LogP contribution in [0.1, 0.15) is 56.1 Å². The highest BCUT2D eigenvalue weighted by Crippen LogP contribution is 2.66. The van der Waals surface area contributed by atoms with Gasteiger partial charge >= 0.3 is 0 Å². The fraction of sp³-hybridized carbons (Fsp3) is 0.679. The molecule has 4 fully saturated rings. The van der Waals surface area contributed by atoms with E-state index in [1.54, 1.807) is 12.1 Å². The van der Waals surface area contributed by atoms with Crippen LogP contribution in [-0.4, -0.2) is 81.6 Å². The Labute approximate surface area is 206 Å². The first-order valence-electron chi connectivity index (χ1n) is 13.5. The molecule has 35 heavy (non-hydrogen) atoms. The molecule has 7 rings (SSSR count). The fourth-order valence-corrected chi connectivity index (χ4v) is 8.15. The Bertz CT molecular complexity index is 1100. The second-order valence-electron chi connectivity index (χ2n) is 11.9. The van der Waals surface area contributed by atoms with Crippen molar-refractivity contribution in [2.24, 2.45) is 11.8 Å². The quantitative estimate of drug-likeness (QED) is 0.572. The molecule has 1 aromatic rings. The molecule has 7 heteroatoms. The smallest absolute Gasteiger partial charge is 0.246 e. The average molecular weight is 481 g/mol. The molecule has 3 N–H and O–H groups in total. The number of nitrogens with zero attached hydrogens (tertiary/aromatic N) is 2. The van der Waals surface area contributed by atoms with E-state index in [1.807, 2.05) is 11.0 Å². The summed E-state index contributed by atoms with van der Waals surface area (Å²) in [6.07, 6.45) is 8.51. The number of aromatic hydroxyl groups is 1. The molecule has 2 saturated heterocycles. The van der Waals surface area contributed by atoms with Crippen molar-refractivity contribution >= 4 is 5.91 Å². The van der Waals surface area contributed by atoms with Crippen molar-refractivity contribution < 1.29 is 24.9 Å². The Kier molecular flexibility index (Phi) is 4.87. The molecule has 188 valence electrons. The van der Waals surface area contributed by atoms with Crippen molar-refractivity contribution in [3.63, 3.8) is 0 Å². The minimum absolute atomic E-state index is 0.0254. The molecule has 0 radical (unpaired) electrons. The van der Waals surface area contributed by atoms with Gasteiger partial charge in [0.25, 0.3) is 0 Å². The number of aliphatic hydroxyl groups is 2. The highest BCUT2D eigenvalue weighted by Gasteiger charge is 2.72.